The Hall–Kier alpha value is -1.46. The van der Waals surface area contributed by atoms with Crippen LogP contribution >= 0.6 is 11.6 Å². The van der Waals surface area contributed by atoms with Gasteiger partial charge >= 0.3 is 0 Å². The number of nitrogens with one attached hydrogen (secondary N) is 1. The largest absolute Gasteiger partial charge is 0.255 e. The predicted molar refractivity (Wildman–Crippen MR) is 89.5 cm³/mol. The fourth-order valence-electron chi connectivity index (χ4n) is 2.24. The van der Waals surface area contributed by atoms with E-state index in [9.17, 15) is 16.8 Å². The van der Waals surface area contributed by atoms with Crippen LogP contribution in [0, 0.1) is 6.92 Å². The van der Waals surface area contributed by atoms with Gasteiger partial charge in [0.1, 0.15) is 10.0 Å². The van der Waals surface area contributed by atoms with Crippen molar-refractivity contribution in [2.24, 2.45) is 12.2 Å². The first-order valence-electron chi connectivity index (χ1n) is 6.77. The molecule has 132 valence electrons. The number of nitrogens with two attached hydrogens (primary N) is 1. The summed E-state index contributed by atoms with van der Waals surface area (Å²) in [6.07, 6.45) is 0. The number of aryl methyl sites for hydroxylation is 2. The highest BCUT2D eigenvalue weighted by Crippen LogP contribution is 2.26. The molecule has 0 saturated heterocycles. The third-order valence-electron chi connectivity index (χ3n) is 3.39. The van der Waals surface area contributed by atoms with E-state index in [1.807, 2.05) is 0 Å². The molecule has 1 aromatic heterocycles. The van der Waals surface area contributed by atoms with Crippen LogP contribution in [0.1, 0.15) is 24.2 Å². The Morgan fingerprint density at radius 1 is 1.29 bits per heavy atom. The maximum atomic E-state index is 12.6. The Morgan fingerprint density at radius 2 is 1.92 bits per heavy atom. The number of primary sulfonamides is 1. The second kappa shape index (κ2) is 6.45. The van der Waals surface area contributed by atoms with E-state index in [1.165, 1.54) is 36.9 Å². The lowest BCUT2D eigenvalue weighted by Crippen LogP contribution is -2.27. The van der Waals surface area contributed by atoms with Crippen LogP contribution in [-0.2, 0) is 27.1 Å². The minimum Gasteiger partial charge on any atom is -0.255 e. The summed E-state index contributed by atoms with van der Waals surface area (Å²) >= 11 is 6.00. The summed E-state index contributed by atoms with van der Waals surface area (Å²) in [5, 5.41) is 9.06. The number of sulfonamides is 2. The minimum absolute atomic E-state index is 0.00881. The normalized spacial score (nSPS) is 13.9. The molecule has 2 rings (SSSR count). The van der Waals surface area contributed by atoms with Crippen molar-refractivity contribution in [2.75, 3.05) is 0 Å². The van der Waals surface area contributed by atoms with Crippen LogP contribution in [0.5, 0.6) is 0 Å². The van der Waals surface area contributed by atoms with Crippen molar-refractivity contribution in [1.29, 1.82) is 0 Å². The van der Waals surface area contributed by atoms with Crippen LogP contribution in [0.25, 0.3) is 0 Å². The van der Waals surface area contributed by atoms with Crippen LogP contribution in [-0.4, -0.2) is 26.6 Å². The van der Waals surface area contributed by atoms with Crippen LogP contribution in [0.15, 0.2) is 34.1 Å². The monoisotopic (exact) mass is 392 g/mol. The topological polar surface area (TPSA) is 124 Å². The van der Waals surface area contributed by atoms with Gasteiger partial charge in [-0.25, -0.2) is 26.7 Å². The third kappa shape index (κ3) is 3.78. The van der Waals surface area contributed by atoms with Crippen LogP contribution in [0.3, 0.4) is 0 Å². The van der Waals surface area contributed by atoms with Crippen molar-refractivity contribution in [3.05, 3.63) is 40.7 Å². The van der Waals surface area contributed by atoms with E-state index in [0.717, 1.165) is 0 Å². The number of aromatic nitrogens is 2. The van der Waals surface area contributed by atoms with Crippen molar-refractivity contribution < 1.29 is 16.8 Å². The van der Waals surface area contributed by atoms with Gasteiger partial charge in [-0.1, -0.05) is 23.7 Å². The maximum Gasteiger partial charge on any atom is 0.246 e. The Bertz CT molecular complexity index is 983. The minimum atomic E-state index is -3.94. The summed E-state index contributed by atoms with van der Waals surface area (Å²) in [4.78, 5) is -0.206. The first-order chi connectivity index (χ1) is 10.9. The molecule has 0 aliphatic carbocycles. The standard InChI is InChI=1S/C13H17ClN4O4S2/c1-8(10-5-4-6-11(7-10)23(15,19)20)17-24(21,22)12-9(2)16-18(3)13(12)14/h4-8,17H,1-3H3,(H2,15,19,20). The van der Waals surface area contributed by atoms with Gasteiger partial charge < -0.3 is 0 Å². The molecule has 0 saturated carbocycles. The van der Waals surface area contributed by atoms with E-state index in [-0.39, 0.29) is 20.6 Å². The molecule has 24 heavy (non-hydrogen) atoms. The molecule has 0 amide bonds. The zero-order valence-corrected chi connectivity index (χ0v) is 15.6. The lowest BCUT2D eigenvalue weighted by atomic mass is 10.1. The lowest BCUT2D eigenvalue weighted by Gasteiger charge is -2.15. The molecule has 0 radical (unpaired) electrons. The Labute approximate surface area is 145 Å². The van der Waals surface area contributed by atoms with E-state index in [0.29, 0.717) is 5.56 Å². The molecular formula is C13H17ClN4O4S2. The molecule has 8 nitrogen and oxygen atoms in total. The number of benzene rings is 1. The second-order valence-corrected chi connectivity index (χ2v) is 8.86. The fourth-order valence-corrected chi connectivity index (χ4v) is 4.79. The quantitative estimate of drug-likeness (QED) is 0.787. The van der Waals surface area contributed by atoms with E-state index in [4.69, 9.17) is 16.7 Å². The SMILES string of the molecule is Cc1nn(C)c(Cl)c1S(=O)(=O)NC(C)c1cccc(S(N)(=O)=O)c1. The molecule has 11 heteroatoms. The molecule has 1 atom stereocenters. The van der Waals surface area contributed by atoms with E-state index in [1.54, 1.807) is 13.0 Å². The fraction of sp³-hybridized carbons (Fsp3) is 0.308. The zero-order valence-electron chi connectivity index (χ0n) is 13.2. The van der Waals surface area contributed by atoms with Gasteiger partial charge in [0, 0.05) is 13.1 Å². The molecule has 2 aromatic rings. The number of nitrogens with zero attached hydrogens (tertiary/aromatic N) is 2. The van der Waals surface area contributed by atoms with Gasteiger partial charge in [0.15, 0.2) is 0 Å². The molecule has 1 unspecified atom stereocenters. The van der Waals surface area contributed by atoms with Gasteiger partial charge in [0.25, 0.3) is 0 Å². The average molecular weight is 393 g/mol. The summed E-state index contributed by atoms with van der Waals surface area (Å²) < 4.78 is 51.7. The van der Waals surface area contributed by atoms with Gasteiger partial charge in [0.2, 0.25) is 20.0 Å². The van der Waals surface area contributed by atoms with Crippen molar-refractivity contribution in [1.82, 2.24) is 14.5 Å². The summed E-state index contributed by atoms with van der Waals surface area (Å²) in [7, 11) is -6.28. The summed E-state index contributed by atoms with van der Waals surface area (Å²) in [5.41, 5.74) is 0.711. The first kappa shape index (κ1) is 18.9. The molecule has 0 fully saturated rings. The number of rotatable bonds is 5. The molecular weight excluding hydrogens is 376 g/mol. The summed E-state index contributed by atoms with van der Waals surface area (Å²) in [5.74, 6) is 0. The van der Waals surface area contributed by atoms with E-state index >= 15 is 0 Å². The molecule has 0 aliphatic rings. The second-order valence-electron chi connectivity index (χ2n) is 5.29. The molecule has 0 bridgehead atoms. The van der Waals surface area contributed by atoms with Crippen LogP contribution in [0.4, 0.5) is 0 Å². The Morgan fingerprint density at radius 3 is 2.42 bits per heavy atom. The number of hydrogen-bond acceptors (Lipinski definition) is 5. The third-order valence-corrected chi connectivity index (χ3v) is 6.53. The smallest absolute Gasteiger partial charge is 0.246 e. The van der Waals surface area contributed by atoms with Gasteiger partial charge in [-0.3, -0.25) is 4.68 Å². The summed E-state index contributed by atoms with van der Waals surface area (Å²) in [6.45, 7) is 3.12. The van der Waals surface area contributed by atoms with E-state index in [2.05, 4.69) is 9.82 Å². The lowest BCUT2D eigenvalue weighted by molar-refractivity contribution is 0.566. The van der Waals surface area contributed by atoms with Crippen molar-refractivity contribution in [3.63, 3.8) is 0 Å². The van der Waals surface area contributed by atoms with Gasteiger partial charge in [-0.2, -0.15) is 5.10 Å². The number of hydrogen-bond donors (Lipinski definition) is 2. The molecule has 1 aromatic carbocycles. The van der Waals surface area contributed by atoms with Crippen LogP contribution in [0.2, 0.25) is 5.15 Å². The van der Waals surface area contributed by atoms with Crippen molar-refractivity contribution in [3.8, 4) is 0 Å². The highest BCUT2D eigenvalue weighted by atomic mass is 35.5. The van der Waals surface area contributed by atoms with E-state index < -0.39 is 26.1 Å². The van der Waals surface area contributed by atoms with Crippen LogP contribution < -0.4 is 9.86 Å². The highest BCUT2D eigenvalue weighted by molar-refractivity contribution is 7.89. The summed E-state index contributed by atoms with van der Waals surface area (Å²) in [6, 6.07) is 5.04. The average Bonchev–Trinajstić information content (AvgIpc) is 2.71. The maximum absolute atomic E-state index is 12.6. The molecule has 0 aliphatic heterocycles. The van der Waals surface area contributed by atoms with Gasteiger partial charge in [-0.15, -0.1) is 0 Å². The predicted octanol–water partition coefficient (Wildman–Crippen LogP) is 1.07. The number of halogens is 1. The Kier molecular flexibility index (Phi) is 5.07. The van der Waals surface area contributed by atoms with Gasteiger partial charge in [0.05, 0.1) is 10.6 Å². The Balaban J connectivity index is 2.37. The van der Waals surface area contributed by atoms with Gasteiger partial charge in [-0.05, 0) is 31.5 Å². The molecule has 1 heterocycles. The first-order valence-corrected chi connectivity index (χ1v) is 10.2. The highest BCUT2D eigenvalue weighted by Gasteiger charge is 2.27. The zero-order chi connectivity index (χ0) is 18.3. The van der Waals surface area contributed by atoms with Crippen molar-refractivity contribution in [2.45, 2.75) is 29.7 Å². The molecule has 3 N–H and O–H groups in total. The molecule has 0 spiro atoms. The van der Waals surface area contributed by atoms with Crippen molar-refractivity contribution >= 4 is 31.6 Å².